The summed E-state index contributed by atoms with van der Waals surface area (Å²) in [5.41, 5.74) is 2.44. The summed E-state index contributed by atoms with van der Waals surface area (Å²) in [6.45, 7) is 1.33. The first-order valence-electron chi connectivity index (χ1n) is 9.86. The predicted molar refractivity (Wildman–Crippen MR) is 107 cm³/mol. The number of hydrogen-bond acceptors (Lipinski definition) is 8. The van der Waals surface area contributed by atoms with Gasteiger partial charge in [0, 0.05) is 31.9 Å². The Balaban J connectivity index is 1.27. The second-order valence-corrected chi connectivity index (χ2v) is 7.31. The summed E-state index contributed by atoms with van der Waals surface area (Å²) in [5.74, 6) is 1.11. The lowest BCUT2D eigenvalue weighted by Gasteiger charge is -2.31. The van der Waals surface area contributed by atoms with Gasteiger partial charge in [-0.15, -0.1) is 0 Å². The quantitative estimate of drug-likeness (QED) is 0.513. The Morgan fingerprint density at radius 1 is 1.10 bits per heavy atom. The van der Waals surface area contributed by atoms with Gasteiger partial charge in [-0.1, -0.05) is 17.3 Å². The highest BCUT2D eigenvalue weighted by Gasteiger charge is 2.27. The number of piperidine rings is 1. The Bertz CT molecular complexity index is 1180. The zero-order valence-electron chi connectivity index (χ0n) is 16.2. The van der Waals surface area contributed by atoms with Crippen LogP contribution in [0.4, 0.5) is 0 Å². The minimum atomic E-state index is -0.0938. The first-order chi connectivity index (χ1) is 14.8. The van der Waals surface area contributed by atoms with E-state index in [9.17, 15) is 4.79 Å². The number of amides is 1. The van der Waals surface area contributed by atoms with Gasteiger partial charge >= 0.3 is 0 Å². The van der Waals surface area contributed by atoms with E-state index in [-0.39, 0.29) is 11.8 Å². The van der Waals surface area contributed by atoms with E-state index in [0.29, 0.717) is 42.6 Å². The Hall–Kier alpha value is -3.75. The zero-order chi connectivity index (χ0) is 20.3. The molecule has 0 spiro atoms. The SMILES string of the molecule is O=C(c1cnc2ccccc2n1)N1CCC[C@@H](Cc2nc(-c3cnccn3)no2)C1. The number of likely N-dealkylation sites (tertiary alicyclic amines) is 1. The van der Waals surface area contributed by atoms with Crippen molar-refractivity contribution in [1.29, 1.82) is 0 Å². The average Bonchev–Trinajstić information content (AvgIpc) is 3.27. The fourth-order valence-corrected chi connectivity index (χ4v) is 3.74. The maximum atomic E-state index is 13.0. The van der Waals surface area contributed by atoms with Crippen molar-refractivity contribution in [3.8, 4) is 11.5 Å². The predicted octanol–water partition coefficient (Wildman–Crippen LogP) is 2.56. The van der Waals surface area contributed by atoms with Crippen molar-refractivity contribution in [3.63, 3.8) is 0 Å². The molecule has 4 heterocycles. The number of benzene rings is 1. The number of hydrogen-bond donors (Lipinski definition) is 0. The molecule has 1 fully saturated rings. The number of nitrogens with zero attached hydrogens (tertiary/aromatic N) is 7. The first-order valence-corrected chi connectivity index (χ1v) is 9.86. The van der Waals surface area contributed by atoms with Crippen LogP contribution in [-0.2, 0) is 6.42 Å². The van der Waals surface area contributed by atoms with Crippen LogP contribution in [0, 0.1) is 5.92 Å². The lowest BCUT2D eigenvalue weighted by Crippen LogP contribution is -2.41. The van der Waals surface area contributed by atoms with Crippen LogP contribution >= 0.6 is 0 Å². The van der Waals surface area contributed by atoms with Crippen LogP contribution in [0.15, 0.2) is 53.6 Å². The van der Waals surface area contributed by atoms with Gasteiger partial charge in [0.1, 0.15) is 11.4 Å². The maximum absolute atomic E-state index is 13.0. The van der Waals surface area contributed by atoms with Gasteiger partial charge in [-0.25, -0.2) is 9.97 Å². The van der Waals surface area contributed by atoms with Crippen molar-refractivity contribution < 1.29 is 9.32 Å². The molecule has 5 rings (SSSR count). The third kappa shape index (κ3) is 3.73. The molecule has 1 amide bonds. The zero-order valence-corrected chi connectivity index (χ0v) is 16.2. The van der Waals surface area contributed by atoms with Crippen molar-refractivity contribution >= 4 is 16.9 Å². The van der Waals surface area contributed by atoms with Crippen LogP contribution in [0.3, 0.4) is 0 Å². The molecule has 9 nitrogen and oxygen atoms in total. The second kappa shape index (κ2) is 7.94. The lowest BCUT2D eigenvalue weighted by atomic mass is 9.94. The van der Waals surface area contributed by atoms with Crippen molar-refractivity contribution in [3.05, 3.63) is 60.6 Å². The highest BCUT2D eigenvalue weighted by molar-refractivity contribution is 5.93. The molecule has 0 N–H and O–H groups in total. The Morgan fingerprint density at radius 2 is 2.00 bits per heavy atom. The molecule has 1 aliphatic heterocycles. The smallest absolute Gasteiger partial charge is 0.274 e. The van der Waals surface area contributed by atoms with E-state index < -0.39 is 0 Å². The van der Waals surface area contributed by atoms with E-state index >= 15 is 0 Å². The fraction of sp³-hybridized carbons (Fsp3) is 0.286. The Morgan fingerprint density at radius 3 is 2.87 bits per heavy atom. The lowest BCUT2D eigenvalue weighted by molar-refractivity contribution is 0.0662. The fourth-order valence-electron chi connectivity index (χ4n) is 3.74. The summed E-state index contributed by atoms with van der Waals surface area (Å²) in [5, 5.41) is 4.00. The third-order valence-electron chi connectivity index (χ3n) is 5.20. The molecule has 30 heavy (non-hydrogen) atoms. The molecule has 4 aromatic rings. The summed E-state index contributed by atoms with van der Waals surface area (Å²) in [6, 6.07) is 7.54. The summed E-state index contributed by atoms with van der Waals surface area (Å²) < 4.78 is 5.40. The number of para-hydroxylation sites is 2. The molecule has 1 atom stereocenters. The first kappa shape index (κ1) is 18.3. The number of fused-ring (bicyclic) bond motifs is 1. The van der Waals surface area contributed by atoms with E-state index in [1.165, 1.54) is 0 Å². The second-order valence-electron chi connectivity index (χ2n) is 7.31. The molecular weight excluding hydrogens is 382 g/mol. The largest absolute Gasteiger partial charge is 0.339 e. The van der Waals surface area contributed by atoms with Crippen molar-refractivity contribution in [2.75, 3.05) is 13.1 Å². The molecular formula is C21H19N7O2. The van der Waals surface area contributed by atoms with E-state index in [1.54, 1.807) is 24.8 Å². The van der Waals surface area contributed by atoms with Gasteiger partial charge in [-0.2, -0.15) is 4.98 Å². The Kier molecular flexibility index (Phi) is 4.84. The Labute approximate surface area is 172 Å². The molecule has 150 valence electrons. The van der Waals surface area contributed by atoms with Gasteiger partial charge in [-0.3, -0.25) is 14.8 Å². The van der Waals surface area contributed by atoms with Gasteiger partial charge in [0.25, 0.3) is 5.91 Å². The van der Waals surface area contributed by atoms with E-state index in [4.69, 9.17) is 4.52 Å². The molecule has 0 bridgehead atoms. The van der Waals surface area contributed by atoms with Crippen molar-refractivity contribution in [2.24, 2.45) is 5.92 Å². The summed E-state index contributed by atoms with van der Waals surface area (Å²) >= 11 is 0. The van der Waals surface area contributed by atoms with Gasteiger partial charge in [0.2, 0.25) is 11.7 Å². The van der Waals surface area contributed by atoms with Crippen LogP contribution in [0.1, 0.15) is 29.2 Å². The number of aromatic nitrogens is 6. The molecule has 1 aromatic carbocycles. The average molecular weight is 401 g/mol. The van der Waals surface area contributed by atoms with Crippen LogP contribution in [0.25, 0.3) is 22.6 Å². The van der Waals surface area contributed by atoms with Gasteiger partial charge in [0.05, 0.1) is 23.4 Å². The minimum absolute atomic E-state index is 0.0938. The molecule has 0 saturated carbocycles. The summed E-state index contributed by atoms with van der Waals surface area (Å²) in [4.78, 5) is 36.3. The standard InChI is InChI=1S/C21H19N7O2/c29-21(18-12-24-15-5-1-2-6-16(15)25-18)28-9-3-4-14(13-28)10-19-26-20(27-30-19)17-11-22-7-8-23-17/h1-2,5-8,11-12,14H,3-4,9-10,13H2/t14-/m0/s1. The minimum Gasteiger partial charge on any atom is -0.339 e. The van der Waals surface area contributed by atoms with Gasteiger partial charge < -0.3 is 9.42 Å². The number of rotatable bonds is 4. The summed E-state index contributed by atoms with van der Waals surface area (Å²) in [7, 11) is 0. The van der Waals surface area contributed by atoms with Crippen molar-refractivity contribution in [1.82, 2.24) is 35.0 Å². The van der Waals surface area contributed by atoms with Gasteiger partial charge in [0.15, 0.2) is 0 Å². The maximum Gasteiger partial charge on any atom is 0.274 e. The van der Waals surface area contributed by atoms with Crippen LogP contribution in [0.2, 0.25) is 0 Å². The molecule has 0 aliphatic carbocycles. The molecule has 1 aliphatic rings. The van der Waals surface area contributed by atoms with Crippen LogP contribution < -0.4 is 0 Å². The van der Waals surface area contributed by atoms with Gasteiger partial charge in [-0.05, 0) is 30.9 Å². The summed E-state index contributed by atoms with van der Waals surface area (Å²) in [6.07, 6.45) is 8.86. The normalized spacial score (nSPS) is 16.7. The highest BCUT2D eigenvalue weighted by atomic mass is 16.5. The van der Waals surface area contributed by atoms with Crippen LogP contribution in [-0.4, -0.2) is 54.0 Å². The number of carbonyl (C=O) groups excluding carboxylic acids is 1. The molecule has 9 heteroatoms. The molecule has 0 unspecified atom stereocenters. The van der Waals surface area contributed by atoms with E-state index in [2.05, 4.69) is 30.1 Å². The monoisotopic (exact) mass is 401 g/mol. The van der Waals surface area contributed by atoms with E-state index in [0.717, 1.165) is 23.9 Å². The third-order valence-corrected chi connectivity index (χ3v) is 5.20. The molecule has 3 aromatic heterocycles. The van der Waals surface area contributed by atoms with E-state index in [1.807, 2.05) is 29.2 Å². The molecule has 0 radical (unpaired) electrons. The van der Waals surface area contributed by atoms with Crippen molar-refractivity contribution in [2.45, 2.75) is 19.3 Å². The molecule has 1 saturated heterocycles. The van der Waals surface area contributed by atoms with Crippen LogP contribution in [0.5, 0.6) is 0 Å². The number of carbonyl (C=O) groups is 1. The topological polar surface area (TPSA) is 111 Å². The highest BCUT2D eigenvalue weighted by Crippen LogP contribution is 2.23.